The van der Waals surface area contributed by atoms with Crippen molar-refractivity contribution in [2.75, 3.05) is 7.05 Å². The second kappa shape index (κ2) is 6.68. The number of nitrogens with zero attached hydrogens (tertiary/aromatic N) is 1. The average Bonchev–Trinajstić information content (AvgIpc) is 2.30. The van der Waals surface area contributed by atoms with E-state index in [0.29, 0.717) is 22.0 Å². The number of halogens is 2. The normalized spacial score (nSPS) is 12.0. The largest absolute Gasteiger partial charge is 0.393 e. The van der Waals surface area contributed by atoms with E-state index in [9.17, 15) is 4.79 Å². The molecule has 0 fully saturated rings. The third-order valence-electron chi connectivity index (χ3n) is 2.64. The van der Waals surface area contributed by atoms with E-state index in [1.807, 2.05) is 13.0 Å². The lowest BCUT2D eigenvalue weighted by atomic mass is 10.1. The minimum absolute atomic E-state index is 0.0342. The molecule has 1 atom stereocenters. The number of carbonyl (C=O) groups excluding carboxylic acids is 1. The first-order valence-corrected chi connectivity index (χ1v) is 7.20. The van der Waals surface area contributed by atoms with Gasteiger partial charge in [-0.15, -0.1) is 0 Å². The second-order valence-electron chi connectivity index (χ2n) is 4.06. The van der Waals surface area contributed by atoms with Gasteiger partial charge in [0.25, 0.3) is 5.91 Å². The summed E-state index contributed by atoms with van der Waals surface area (Å²) in [5, 5.41) is 0.580. The first-order valence-electron chi connectivity index (χ1n) is 5.33. The third kappa shape index (κ3) is 4.07. The second-order valence-corrected chi connectivity index (χ2v) is 6.16. The zero-order valence-electron chi connectivity index (χ0n) is 10.1. The van der Waals surface area contributed by atoms with Crippen LogP contribution in [-0.2, 0) is 0 Å². The number of carbonyl (C=O) groups is 1. The molecule has 0 aliphatic rings. The molecule has 0 heterocycles. The van der Waals surface area contributed by atoms with Gasteiger partial charge in [-0.3, -0.25) is 4.79 Å². The van der Waals surface area contributed by atoms with E-state index < -0.39 is 0 Å². The van der Waals surface area contributed by atoms with Gasteiger partial charge in [-0.1, -0.05) is 23.8 Å². The lowest BCUT2D eigenvalue weighted by Crippen LogP contribution is -2.37. The molecule has 0 radical (unpaired) electrons. The Morgan fingerprint density at radius 3 is 2.72 bits per heavy atom. The summed E-state index contributed by atoms with van der Waals surface area (Å²) in [6.07, 6.45) is 0.510. The molecule has 0 saturated carbocycles. The van der Waals surface area contributed by atoms with Crippen LogP contribution in [0.15, 0.2) is 18.2 Å². The smallest absolute Gasteiger partial charge is 0.253 e. The molecule has 0 aromatic heterocycles. The number of thiocarbonyl (C=S) groups is 1. The third-order valence-corrected chi connectivity index (χ3v) is 4.38. The SMILES string of the molecule is CC(CC(N)=S)N(C)C(=O)c1ccc(I)c(Cl)c1. The van der Waals surface area contributed by atoms with Gasteiger partial charge in [0.15, 0.2) is 0 Å². The predicted octanol–water partition coefficient (Wildman–Crippen LogP) is 3.08. The van der Waals surface area contributed by atoms with Crippen LogP contribution in [-0.4, -0.2) is 28.9 Å². The van der Waals surface area contributed by atoms with Crippen molar-refractivity contribution in [1.29, 1.82) is 0 Å². The minimum Gasteiger partial charge on any atom is -0.393 e. The van der Waals surface area contributed by atoms with Crippen molar-refractivity contribution in [3.63, 3.8) is 0 Å². The molecule has 6 heteroatoms. The molecular weight excluding hydrogens is 383 g/mol. The van der Waals surface area contributed by atoms with Gasteiger partial charge < -0.3 is 10.6 Å². The topological polar surface area (TPSA) is 46.3 Å². The van der Waals surface area contributed by atoms with Crippen LogP contribution in [0.4, 0.5) is 0 Å². The Labute approximate surface area is 131 Å². The lowest BCUT2D eigenvalue weighted by molar-refractivity contribution is 0.0748. The van der Waals surface area contributed by atoms with E-state index in [4.69, 9.17) is 29.6 Å². The number of rotatable bonds is 4. The first kappa shape index (κ1) is 15.7. The summed E-state index contributed by atoms with van der Waals surface area (Å²) in [7, 11) is 1.73. The molecule has 18 heavy (non-hydrogen) atoms. The Morgan fingerprint density at radius 1 is 1.61 bits per heavy atom. The number of nitrogens with two attached hydrogens (primary N) is 1. The molecule has 1 unspecified atom stereocenters. The van der Waals surface area contributed by atoms with Gasteiger partial charge in [0, 0.05) is 28.6 Å². The quantitative estimate of drug-likeness (QED) is 0.628. The molecule has 1 aromatic carbocycles. The Kier molecular flexibility index (Phi) is 5.81. The standard InChI is InChI=1S/C12H14ClIN2OS/c1-7(5-11(15)18)16(2)12(17)8-3-4-10(14)9(13)6-8/h3-4,6-7H,5H2,1-2H3,(H2,15,18). The van der Waals surface area contributed by atoms with Crippen molar-refractivity contribution in [3.8, 4) is 0 Å². The maximum absolute atomic E-state index is 12.2. The number of amides is 1. The maximum atomic E-state index is 12.2. The predicted molar refractivity (Wildman–Crippen MR) is 87.1 cm³/mol. The minimum atomic E-state index is -0.0861. The van der Waals surface area contributed by atoms with Crippen LogP contribution in [0.1, 0.15) is 23.7 Å². The summed E-state index contributed by atoms with van der Waals surface area (Å²) in [6.45, 7) is 1.91. The fraction of sp³-hybridized carbons (Fsp3) is 0.333. The van der Waals surface area contributed by atoms with Crippen molar-refractivity contribution in [2.45, 2.75) is 19.4 Å². The number of benzene rings is 1. The fourth-order valence-corrected chi connectivity index (χ4v) is 2.22. The van der Waals surface area contributed by atoms with Crippen molar-refractivity contribution < 1.29 is 4.79 Å². The summed E-state index contributed by atoms with van der Waals surface area (Å²) in [5.41, 5.74) is 6.05. The van der Waals surface area contributed by atoms with Crippen LogP contribution in [0, 0.1) is 3.57 Å². The summed E-state index contributed by atoms with van der Waals surface area (Å²) < 4.78 is 0.921. The molecule has 0 spiro atoms. The molecule has 3 nitrogen and oxygen atoms in total. The molecule has 1 aromatic rings. The van der Waals surface area contributed by atoms with Crippen molar-refractivity contribution >= 4 is 57.3 Å². The van der Waals surface area contributed by atoms with E-state index in [1.165, 1.54) is 0 Å². The van der Waals surface area contributed by atoms with Gasteiger partial charge in [0.2, 0.25) is 0 Å². The van der Waals surface area contributed by atoms with E-state index in [0.717, 1.165) is 3.57 Å². The van der Waals surface area contributed by atoms with Gasteiger partial charge in [-0.2, -0.15) is 0 Å². The van der Waals surface area contributed by atoms with E-state index >= 15 is 0 Å². The van der Waals surface area contributed by atoms with Crippen molar-refractivity contribution in [2.24, 2.45) is 5.73 Å². The molecule has 0 bridgehead atoms. The Bertz CT molecular complexity index is 481. The van der Waals surface area contributed by atoms with Crippen LogP contribution < -0.4 is 5.73 Å². The van der Waals surface area contributed by atoms with Gasteiger partial charge in [-0.25, -0.2) is 0 Å². The molecular formula is C12H14ClIN2OS. The fourth-order valence-electron chi connectivity index (χ4n) is 1.46. The van der Waals surface area contributed by atoms with Crippen LogP contribution in [0.2, 0.25) is 5.02 Å². The maximum Gasteiger partial charge on any atom is 0.253 e. The summed E-state index contributed by atoms with van der Waals surface area (Å²) in [4.78, 5) is 14.2. The van der Waals surface area contributed by atoms with Crippen LogP contribution in [0.5, 0.6) is 0 Å². The lowest BCUT2D eigenvalue weighted by Gasteiger charge is -2.24. The molecule has 0 saturated heterocycles. The Balaban J connectivity index is 2.86. The molecule has 1 rings (SSSR count). The van der Waals surface area contributed by atoms with Gasteiger partial charge in [-0.05, 0) is 47.7 Å². The first-order chi connectivity index (χ1) is 8.32. The molecule has 1 amide bonds. The highest BCUT2D eigenvalue weighted by Gasteiger charge is 2.18. The van der Waals surface area contributed by atoms with Gasteiger partial charge >= 0.3 is 0 Å². The molecule has 2 N–H and O–H groups in total. The number of hydrogen-bond donors (Lipinski definition) is 1. The highest BCUT2D eigenvalue weighted by molar-refractivity contribution is 14.1. The number of hydrogen-bond acceptors (Lipinski definition) is 2. The summed E-state index contributed by atoms with van der Waals surface area (Å²) >= 11 is 13.0. The van der Waals surface area contributed by atoms with Gasteiger partial charge in [0.1, 0.15) is 0 Å². The zero-order chi connectivity index (χ0) is 13.9. The van der Waals surface area contributed by atoms with Crippen LogP contribution in [0.3, 0.4) is 0 Å². The van der Waals surface area contributed by atoms with Gasteiger partial charge in [0.05, 0.1) is 10.0 Å². The van der Waals surface area contributed by atoms with Crippen LogP contribution in [0.25, 0.3) is 0 Å². The van der Waals surface area contributed by atoms with Crippen molar-refractivity contribution in [1.82, 2.24) is 4.90 Å². The summed E-state index contributed by atoms with van der Waals surface area (Å²) in [6, 6.07) is 5.23. The Morgan fingerprint density at radius 2 is 2.22 bits per heavy atom. The van der Waals surface area contributed by atoms with E-state index in [2.05, 4.69) is 22.6 Å². The van der Waals surface area contributed by atoms with Crippen molar-refractivity contribution in [3.05, 3.63) is 32.4 Å². The molecule has 0 aliphatic carbocycles. The summed E-state index contributed by atoms with van der Waals surface area (Å²) in [5.74, 6) is -0.0861. The van der Waals surface area contributed by atoms with Crippen LogP contribution >= 0.6 is 46.4 Å². The zero-order valence-corrected chi connectivity index (χ0v) is 13.8. The Hall–Kier alpha value is -0.400. The van der Waals surface area contributed by atoms with E-state index in [-0.39, 0.29) is 11.9 Å². The molecule has 98 valence electrons. The average molecular weight is 397 g/mol. The highest BCUT2D eigenvalue weighted by atomic mass is 127. The van der Waals surface area contributed by atoms with E-state index in [1.54, 1.807) is 24.1 Å². The highest BCUT2D eigenvalue weighted by Crippen LogP contribution is 2.20. The monoisotopic (exact) mass is 396 g/mol. The molecule has 0 aliphatic heterocycles.